The van der Waals surface area contributed by atoms with Crippen molar-refractivity contribution < 1.29 is 4.74 Å². The van der Waals surface area contributed by atoms with Gasteiger partial charge in [0, 0.05) is 5.41 Å². The van der Waals surface area contributed by atoms with Gasteiger partial charge in [0.25, 0.3) is 0 Å². The Morgan fingerprint density at radius 2 is 1.67 bits per heavy atom. The number of allylic oxidation sites excluding steroid dienone is 4. The zero-order valence-corrected chi connectivity index (χ0v) is 14.6. The van der Waals surface area contributed by atoms with Gasteiger partial charge in [-0.1, -0.05) is 30.4 Å². The molecule has 0 N–H and O–H groups in total. The lowest BCUT2D eigenvalue weighted by Crippen LogP contribution is -2.53. The Hall–Kier alpha value is -2.76. The van der Waals surface area contributed by atoms with Gasteiger partial charge in [-0.05, 0) is 41.9 Å². The SMILES string of the molecule is COC1=CC=C[C@]23[C@H]4[C@@H]5[C@@H]6[C@@H]5[C@@H]2[C@]13[C@H]6n1c(=O)n(-c2ccccc2)c(=O)n14. The summed E-state index contributed by atoms with van der Waals surface area (Å²) in [5.74, 6) is 3.24. The second-order valence-corrected chi connectivity index (χ2v) is 8.92. The van der Waals surface area contributed by atoms with E-state index in [1.807, 2.05) is 35.0 Å². The summed E-state index contributed by atoms with van der Waals surface area (Å²) < 4.78 is 10.8. The topological polar surface area (TPSA) is 58.2 Å². The standard InChI is InChI=1S/C21H17N3O3/c1-27-11-8-5-9-20-15-12-13-14(12)17(21(11,15)20)24-19(26)22(10-6-3-2-4-7-10)18(25)23(24)16(13)20/h2-9,12-17H,1H3/t12-,13+,14+,15+,16-,17+,20-,21+/m1/s1. The molecule has 5 aliphatic carbocycles. The number of methoxy groups -OCH3 is 1. The molecular weight excluding hydrogens is 342 g/mol. The minimum atomic E-state index is -0.203. The first kappa shape index (κ1) is 13.4. The van der Waals surface area contributed by atoms with Gasteiger partial charge in [-0.15, -0.1) is 0 Å². The highest BCUT2D eigenvalue weighted by molar-refractivity contribution is 5.59. The van der Waals surface area contributed by atoms with E-state index in [9.17, 15) is 9.59 Å². The lowest BCUT2D eigenvalue weighted by Gasteiger charge is -2.48. The van der Waals surface area contributed by atoms with E-state index >= 15 is 0 Å². The van der Waals surface area contributed by atoms with E-state index in [0.29, 0.717) is 29.4 Å². The first-order valence-electron chi connectivity index (χ1n) is 9.66. The third-order valence-corrected chi connectivity index (χ3v) is 8.70. The Labute approximate surface area is 154 Å². The second kappa shape index (κ2) is 3.51. The van der Waals surface area contributed by atoms with Gasteiger partial charge in [0.2, 0.25) is 0 Å². The molecule has 9 rings (SSSR count). The van der Waals surface area contributed by atoms with Gasteiger partial charge < -0.3 is 4.74 Å². The Kier molecular flexibility index (Phi) is 1.74. The van der Waals surface area contributed by atoms with E-state index in [0.717, 1.165) is 5.76 Å². The summed E-state index contributed by atoms with van der Waals surface area (Å²) in [7, 11) is 1.74. The molecule has 4 fully saturated rings. The van der Waals surface area contributed by atoms with E-state index in [-0.39, 0.29) is 34.3 Å². The molecule has 0 amide bonds. The summed E-state index contributed by atoms with van der Waals surface area (Å²) in [5.41, 5.74) is 0.117. The zero-order chi connectivity index (χ0) is 17.9. The number of nitrogens with zero attached hydrogens (tertiary/aromatic N) is 3. The molecule has 0 radical (unpaired) electrons. The molecule has 8 atom stereocenters. The Morgan fingerprint density at radius 3 is 2.41 bits per heavy atom. The van der Waals surface area contributed by atoms with E-state index in [1.165, 1.54) is 4.57 Å². The van der Waals surface area contributed by atoms with Crippen LogP contribution in [0.2, 0.25) is 0 Å². The normalized spacial score (nSPS) is 47.4. The number of aromatic nitrogens is 3. The fraction of sp³-hybridized carbons (Fsp3) is 0.429. The Bertz CT molecular complexity index is 1260. The third kappa shape index (κ3) is 0.947. The molecule has 134 valence electrons. The number of hydrogen-bond acceptors (Lipinski definition) is 3. The van der Waals surface area contributed by atoms with E-state index in [1.54, 1.807) is 11.8 Å². The molecule has 2 bridgehead atoms. The molecule has 7 aliphatic rings. The summed E-state index contributed by atoms with van der Waals surface area (Å²) in [6.07, 6.45) is 6.49. The van der Waals surface area contributed by atoms with Crippen LogP contribution in [0.3, 0.4) is 0 Å². The van der Waals surface area contributed by atoms with Crippen LogP contribution in [0.5, 0.6) is 0 Å². The van der Waals surface area contributed by atoms with Gasteiger partial charge in [-0.2, -0.15) is 0 Å². The number of hydrogen-bond donors (Lipinski definition) is 0. The number of rotatable bonds is 2. The van der Waals surface area contributed by atoms with Crippen molar-refractivity contribution in [2.45, 2.75) is 12.1 Å². The number of benzene rings is 1. The predicted molar refractivity (Wildman–Crippen MR) is 95.4 cm³/mol. The first-order chi connectivity index (χ1) is 13.2. The molecule has 1 aromatic heterocycles. The van der Waals surface area contributed by atoms with Crippen LogP contribution in [0.4, 0.5) is 0 Å². The highest BCUT2D eigenvalue weighted by Gasteiger charge is 3.04. The maximum atomic E-state index is 13.5. The molecule has 27 heavy (non-hydrogen) atoms. The van der Waals surface area contributed by atoms with Gasteiger partial charge in [-0.25, -0.2) is 23.5 Å². The van der Waals surface area contributed by atoms with Crippen molar-refractivity contribution in [1.29, 1.82) is 0 Å². The van der Waals surface area contributed by atoms with Crippen molar-refractivity contribution in [3.63, 3.8) is 0 Å². The largest absolute Gasteiger partial charge is 0.500 e. The lowest BCUT2D eigenvalue weighted by molar-refractivity contribution is 0.0119. The fourth-order valence-electron chi connectivity index (χ4n) is 8.38. The summed E-state index contributed by atoms with van der Waals surface area (Å²) in [4.78, 5) is 26.9. The third-order valence-electron chi connectivity index (χ3n) is 8.70. The molecular formula is C21H17N3O3. The van der Waals surface area contributed by atoms with Crippen molar-refractivity contribution in [1.82, 2.24) is 13.9 Å². The average molecular weight is 359 g/mol. The van der Waals surface area contributed by atoms with Crippen LogP contribution < -0.4 is 11.4 Å². The summed E-state index contributed by atoms with van der Waals surface area (Å²) in [6, 6.07) is 9.41. The minimum Gasteiger partial charge on any atom is -0.500 e. The smallest absolute Gasteiger partial charge is 0.352 e. The lowest BCUT2D eigenvalue weighted by atomic mass is 9.68. The fourth-order valence-corrected chi connectivity index (χ4v) is 8.38. The zero-order valence-electron chi connectivity index (χ0n) is 14.6. The molecule has 6 heteroatoms. The number of para-hydroxylation sites is 1. The second-order valence-electron chi connectivity index (χ2n) is 8.92. The van der Waals surface area contributed by atoms with Gasteiger partial charge in [-0.3, -0.25) is 0 Å². The quantitative estimate of drug-likeness (QED) is 0.816. The molecule has 0 saturated heterocycles. The van der Waals surface area contributed by atoms with E-state index in [2.05, 4.69) is 18.2 Å². The summed E-state index contributed by atoms with van der Waals surface area (Å²) in [5, 5.41) is 0. The molecule has 2 spiro atoms. The maximum absolute atomic E-state index is 13.5. The molecule has 2 aromatic rings. The van der Waals surface area contributed by atoms with Crippen molar-refractivity contribution in [2.24, 2.45) is 34.5 Å². The van der Waals surface area contributed by atoms with Crippen LogP contribution in [0.15, 0.2) is 63.9 Å². The van der Waals surface area contributed by atoms with Crippen molar-refractivity contribution in [3.05, 3.63) is 75.3 Å². The molecule has 1 aromatic carbocycles. The van der Waals surface area contributed by atoms with Gasteiger partial charge in [0.15, 0.2) is 0 Å². The monoisotopic (exact) mass is 359 g/mol. The van der Waals surface area contributed by atoms with E-state index < -0.39 is 0 Å². The van der Waals surface area contributed by atoms with Crippen LogP contribution >= 0.6 is 0 Å². The van der Waals surface area contributed by atoms with Gasteiger partial charge >= 0.3 is 11.4 Å². The minimum absolute atomic E-state index is 0.0268. The highest BCUT2D eigenvalue weighted by atomic mass is 16.5. The Morgan fingerprint density at radius 1 is 0.963 bits per heavy atom. The average Bonchev–Trinajstić information content (AvgIpc) is 3.46. The molecule has 0 unspecified atom stereocenters. The van der Waals surface area contributed by atoms with Crippen molar-refractivity contribution in [2.75, 3.05) is 7.11 Å². The van der Waals surface area contributed by atoms with Crippen molar-refractivity contribution >= 4 is 0 Å². The molecule has 2 aliphatic heterocycles. The first-order valence-corrected chi connectivity index (χ1v) is 9.66. The van der Waals surface area contributed by atoms with Crippen LogP contribution in [-0.4, -0.2) is 21.0 Å². The Balaban J connectivity index is 1.48. The molecule has 4 saturated carbocycles. The molecule has 6 nitrogen and oxygen atoms in total. The predicted octanol–water partition coefficient (Wildman–Crippen LogP) is 1.49. The summed E-state index contributed by atoms with van der Waals surface area (Å²) in [6.45, 7) is 0. The van der Waals surface area contributed by atoms with Gasteiger partial charge in [0.05, 0.1) is 30.3 Å². The number of ether oxygens (including phenoxy) is 1. The summed E-state index contributed by atoms with van der Waals surface area (Å²) >= 11 is 0. The van der Waals surface area contributed by atoms with Gasteiger partial charge in [0.1, 0.15) is 5.76 Å². The van der Waals surface area contributed by atoms with Crippen LogP contribution in [0, 0.1) is 34.5 Å². The van der Waals surface area contributed by atoms with Crippen LogP contribution in [-0.2, 0) is 4.74 Å². The highest BCUT2D eigenvalue weighted by Crippen LogP contribution is 3.04. The van der Waals surface area contributed by atoms with Crippen LogP contribution in [0.25, 0.3) is 5.69 Å². The van der Waals surface area contributed by atoms with E-state index in [4.69, 9.17) is 4.74 Å². The molecule has 3 heterocycles. The maximum Gasteiger partial charge on any atom is 0.352 e. The van der Waals surface area contributed by atoms with Crippen molar-refractivity contribution in [3.8, 4) is 5.69 Å². The van der Waals surface area contributed by atoms with Crippen LogP contribution in [0.1, 0.15) is 12.1 Å².